The quantitative estimate of drug-likeness (QED) is 0.524. The molecule has 3 aliphatic rings. The number of aromatic nitrogens is 2. The van der Waals surface area contributed by atoms with Crippen molar-refractivity contribution in [1.82, 2.24) is 14.9 Å². The second-order valence-corrected chi connectivity index (χ2v) is 10.6. The Labute approximate surface area is 201 Å². The van der Waals surface area contributed by atoms with Crippen molar-refractivity contribution in [3.63, 3.8) is 0 Å². The van der Waals surface area contributed by atoms with Gasteiger partial charge in [0, 0.05) is 28.8 Å². The van der Waals surface area contributed by atoms with Crippen LogP contribution in [0.5, 0.6) is 0 Å². The average Bonchev–Trinajstić information content (AvgIpc) is 3.70. The summed E-state index contributed by atoms with van der Waals surface area (Å²) >= 11 is 1.50. The number of hydrogen-bond donors (Lipinski definition) is 2. The van der Waals surface area contributed by atoms with Crippen molar-refractivity contribution < 1.29 is 23.5 Å². The number of ketones is 1. The zero-order valence-corrected chi connectivity index (χ0v) is 20.0. The Morgan fingerprint density at radius 3 is 2.76 bits per heavy atom. The molecule has 182 valence electrons. The zero-order valence-electron chi connectivity index (χ0n) is 19.1. The van der Waals surface area contributed by atoms with Crippen LogP contribution in [0.1, 0.15) is 74.8 Å². The molecule has 2 fully saturated rings. The standard InChI is InChI=1S/C24H29FN4O4S/c1-2-33-24(32)21-22(26)29(11-28-21)13-5-6-18-15(7-13)20(23(31)27-10-12-3-4-12)19(34-18)9-17(30)14-8-16(14)25/h11-14,16H,2-10,26H2,1H3,(H,27,31)/t13-,14+,16-/m0/s1. The molecule has 3 N–H and O–H groups in total. The molecule has 8 nitrogen and oxygen atoms in total. The number of aryl methyl sites for hydroxylation is 1. The molecule has 5 rings (SSSR count). The molecule has 0 unspecified atom stereocenters. The highest BCUT2D eigenvalue weighted by Crippen LogP contribution is 2.41. The Hall–Kier alpha value is -2.75. The number of hydrogen-bond acceptors (Lipinski definition) is 7. The van der Waals surface area contributed by atoms with E-state index >= 15 is 0 Å². The number of fused-ring (bicyclic) bond motifs is 1. The van der Waals surface area contributed by atoms with Gasteiger partial charge in [-0.1, -0.05) is 0 Å². The monoisotopic (exact) mass is 488 g/mol. The summed E-state index contributed by atoms with van der Waals surface area (Å²) in [5.74, 6) is -0.593. The number of carbonyl (C=O) groups excluding carboxylic acids is 3. The first kappa shape index (κ1) is 23.0. The van der Waals surface area contributed by atoms with E-state index in [1.165, 1.54) is 11.3 Å². The number of nitrogens with two attached hydrogens (primary N) is 1. The fraction of sp³-hybridized carbons (Fsp3) is 0.583. The minimum absolute atomic E-state index is 0.0741. The van der Waals surface area contributed by atoms with Gasteiger partial charge in [-0.2, -0.15) is 0 Å². The van der Waals surface area contributed by atoms with Crippen LogP contribution in [0.3, 0.4) is 0 Å². The van der Waals surface area contributed by atoms with Gasteiger partial charge in [0.2, 0.25) is 0 Å². The topological polar surface area (TPSA) is 116 Å². The number of nitrogens with zero attached hydrogens (tertiary/aromatic N) is 2. The molecule has 0 saturated heterocycles. The molecule has 10 heteroatoms. The van der Waals surface area contributed by atoms with E-state index in [9.17, 15) is 18.8 Å². The van der Waals surface area contributed by atoms with E-state index in [0.717, 1.165) is 41.0 Å². The lowest BCUT2D eigenvalue weighted by molar-refractivity contribution is -0.119. The number of amides is 1. The van der Waals surface area contributed by atoms with Crippen molar-refractivity contribution in [2.45, 2.75) is 64.1 Å². The third kappa shape index (κ3) is 4.47. The van der Waals surface area contributed by atoms with E-state index in [0.29, 0.717) is 24.4 Å². The molecule has 2 aromatic rings. The van der Waals surface area contributed by atoms with Crippen LogP contribution in [-0.4, -0.2) is 46.5 Å². The van der Waals surface area contributed by atoms with E-state index in [4.69, 9.17) is 10.5 Å². The third-order valence-electron chi connectivity index (χ3n) is 6.94. The minimum Gasteiger partial charge on any atom is -0.461 e. The normalized spacial score (nSPS) is 23.3. The lowest BCUT2D eigenvalue weighted by Crippen LogP contribution is -2.28. The maximum Gasteiger partial charge on any atom is 0.360 e. The Morgan fingerprint density at radius 2 is 2.09 bits per heavy atom. The molecule has 2 saturated carbocycles. The SMILES string of the molecule is CCOC(=O)c1ncn([C@H]2CCc3sc(CC(=O)[C@@H]4C[C@@H]4F)c(C(=O)NCC4CC4)c3C2)c1N. The molecule has 2 aromatic heterocycles. The highest BCUT2D eigenvalue weighted by molar-refractivity contribution is 7.12. The molecular formula is C24H29FN4O4S. The van der Waals surface area contributed by atoms with E-state index in [2.05, 4.69) is 10.3 Å². The summed E-state index contributed by atoms with van der Waals surface area (Å²) in [4.78, 5) is 43.9. The number of anilines is 1. The van der Waals surface area contributed by atoms with Crippen LogP contribution in [-0.2, 0) is 28.8 Å². The van der Waals surface area contributed by atoms with Gasteiger partial charge < -0.3 is 20.4 Å². The first-order valence-electron chi connectivity index (χ1n) is 11.9. The van der Waals surface area contributed by atoms with Gasteiger partial charge in [0.05, 0.1) is 24.4 Å². The van der Waals surface area contributed by atoms with Crippen molar-refractivity contribution >= 4 is 34.8 Å². The number of halogens is 1. The number of thiophene rings is 1. The summed E-state index contributed by atoms with van der Waals surface area (Å²) in [5, 5.41) is 3.04. The molecule has 34 heavy (non-hydrogen) atoms. The van der Waals surface area contributed by atoms with Gasteiger partial charge >= 0.3 is 5.97 Å². The molecular weight excluding hydrogens is 459 g/mol. The predicted molar refractivity (Wildman–Crippen MR) is 125 cm³/mol. The Balaban J connectivity index is 1.41. The maximum absolute atomic E-state index is 13.5. The number of Topliss-reactive ketones (excluding diaryl/α,β-unsaturated/α-hetero) is 1. The first-order chi connectivity index (χ1) is 16.4. The summed E-state index contributed by atoms with van der Waals surface area (Å²) < 4.78 is 20.3. The number of imidazole rings is 1. The number of alkyl halides is 1. The van der Waals surface area contributed by atoms with E-state index in [-0.39, 0.29) is 48.7 Å². The molecule has 3 atom stereocenters. The number of esters is 1. The maximum atomic E-state index is 13.5. The van der Waals surface area contributed by atoms with Gasteiger partial charge in [-0.3, -0.25) is 9.59 Å². The predicted octanol–water partition coefficient (Wildman–Crippen LogP) is 3.04. The first-order valence-corrected chi connectivity index (χ1v) is 12.8. The lowest BCUT2D eigenvalue weighted by Gasteiger charge is -2.25. The van der Waals surface area contributed by atoms with E-state index in [1.54, 1.807) is 17.8 Å². The van der Waals surface area contributed by atoms with Crippen LogP contribution in [0.2, 0.25) is 0 Å². The van der Waals surface area contributed by atoms with Gasteiger partial charge in [-0.15, -0.1) is 11.3 Å². The average molecular weight is 489 g/mol. The summed E-state index contributed by atoms with van der Waals surface area (Å²) in [6.07, 6.45) is 5.18. The van der Waals surface area contributed by atoms with Gasteiger partial charge in [0.25, 0.3) is 5.91 Å². The Morgan fingerprint density at radius 1 is 1.32 bits per heavy atom. The smallest absolute Gasteiger partial charge is 0.360 e. The second kappa shape index (κ2) is 9.13. The minimum atomic E-state index is -1.04. The number of carbonyl (C=O) groups is 3. The van der Waals surface area contributed by atoms with Gasteiger partial charge in [-0.05, 0) is 56.9 Å². The van der Waals surface area contributed by atoms with Crippen LogP contribution in [0, 0.1) is 11.8 Å². The van der Waals surface area contributed by atoms with Crippen molar-refractivity contribution in [2.24, 2.45) is 11.8 Å². The molecule has 0 spiro atoms. The number of rotatable bonds is 9. The number of ether oxygens (including phenoxy) is 1. The lowest BCUT2D eigenvalue weighted by atomic mass is 9.89. The Kier molecular flexibility index (Phi) is 6.18. The number of nitrogen functional groups attached to an aromatic ring is 1. The summed E-state index contributed by atoms with van der Waals surface area (Å²) in [6.45, 7) is 2.59. The second-order valence-electron chi connectivity index (χ2n) is 9.46. The van der Waals surface area contributed by atoms with Crippen LogP contribution in [0.25, 0.3) is 0 Å². The fourth-order valence-electron chi connectivity index (χ4n) is 4.70. The summed E-state index contributed by atoms with van der Waals surface area (Å²) in [7, 11) is 0. The largest absolute Gasteiger partial charge is 0.461 e. The van der Waals surface area contributed by atoms with Crippen LogP contribution in [0.15, 0.2) is 6.33 Å². The fourth-order valence-corrected chi connectivity index (χ4v) is 6.06. The van der Waals surface area contributed by atoms with Crippen molar-refractivity contribution in [2.75, 3.05) is 18.9 Å². The summed E-state index contributed by atoms with van der Waals surface area (Å²) in [6, 6.07) is -0.0741. The highest BCUT2D eigenvalue weighted by atomic mass is 32.1. The molecule has 0 radical (unpaired) electrons. The highest BCUT2D eigenvalue weighted by Gasteiger charge is 2.44. The van der Waals surface area contributed by atoms with Gasteiger partial charge in [0.15, 0.2) is 5.69 Å². The van der Waals surface area contributed by atoms with Crippen LogP contribution >= 0.6 is 11.3 Å². The van der Waals surface area contributed by atoms with Crippen LogP contribution in [0.4, 0.5) is 10.2 Å². The molecule has 1 amide bonds. The third-order valence-corrected chi connectivity index (χ3v) is 8.23. The van der Waals surface area contributed by atoms with Crippen molar-refractivity contribution in [3.05, 3.63) is 32.9 Å². The summed E-state index contributed by atoms with van der Waals surface area (Å²) in [5.41, 5.74) is 7.83. The van der Waals surface area contributed by atoms with Crippen molar-refractivity contribution in [1.29, 1.82) is 0 Å². The zero-order chi connectivity index (χ0) is 24.0. The molecule has 2 heterocycles. The molecule has 3 aliphatic carbocycles. The van der Waals surface area contributed by atoms with E-state index in [1.807, 2.05) is 0 Å². The van der Waals surface area contributed by atoms with Gasteiger partial charge in [0.1, 0.15) is 17.8 Å². The Bertz CT molecular complexity index is 1140. The number of nitrogens with one attached hydrogen (secondary N) is 1. The molecule has 0 aliphatic heterocycles. The molecule has 0 aromatic carbocycles. The molecule has 0 bridgehead atoms. The van der Waals surface area contributed by atoms with Crippen molar-refractivity contribution in [3.8, 4) is 0 Å². The van der Waals surface area contributed by atoms with E-state index < -0.39 is 18.1 Å². The van der Waals surface area contributed by atoms with Crippen LogP contribution < -0.4 is 11.1 Å². The van der Waals surface area contributed by atoms with Gasteiger partial charge in [-0.25, -0.2) is 14.2 Å².